The van der Waals surface area contributed by atoms with Gasteiger partial charge in [-0.05, 0) is 12.1 Å². The minimum absolute atomic E-state index is 0.0364. The third-order valence-corrected chi connectivity index (χ3v) is 4.27. The van der Waals surface area contributed by atoms with Crippen LogP contribution >= 0.6 is 24.0 Å². The highest BCUT2D eigenvalue weighted by Crippen LogP contribution is 2.28. The molecule has 18 heavy (non-hydrogen) atoms. The smallest absolute Gasteiger partial charge is 0.182 e. The lowest BCUT2D eigenvalue weighted by Gasteiger charge is -2.32. The lowest BCUT2D eigenvalue weighted by molar-refractivity contribution is 0.504. The van der Waals surface area contributed by atoms with E-state index in [1.54, 1.807) is 6.07 Å². The number of rotatable bonds is 2. The SMILES string of the molecule is CC1CN(c2ccc(C(N)=S)c(F)c2F)CCS1. The van der Waals surface area contributed by atoms with Gasteiger partial charge in [0.2, 0.25) is 0 Å². The molecule has 1 fully saturated rings. The van der Waals surface area contributed by atoms with Gasteiger partial charge in [0, 0.05) is 29.7 Å². The summed E-state index contributed by atoms with van der Waals surface area (Å²) in [5.41, 5.74) is 5.60. The molecule has 1 unspecified atom stereocenters. The van der Waals surface area contributed by atoms with E-state index < -0.39 is 11.6 Å². The Hall–Kier alpha value is -0.880. The van der Waals surface area contributed by atoms with Crippen LogP contribution in [0.15, 0.2) is 12.1 Å². The quantitative estimate of drug-likeness (QED) is 0.847. The Morgan fingerprint density at radius 2 is 2.17 bits per heavy atom. The van der Waals surface area contributed by atoms with E-state index in [4.69, 9.17) is 5.73 Å². The number of halogens is 2. The Morgan fingerprint density at radius 1 is 1.44 bits per heavy atom. The predicted octanol–water partition coefficient (Wildman–Crippen LogP) is 2.54. The molecule has 2 rings (SSSR count). The number of benzene rings is 1. The highest BCUT2D eigenvalue weighted by molar-refractivity contribution is 8.00. The van der Waals surface area contributed by atoms with Crippen LogP contribution in [-0.4, -0.2) is 29.1 Å². The molecule has 1 aliphatic heterocycles. The highest BCUT2D eigenvalue weighted by Gasteiger charge is 2.23. The van der Waals surface area contributed by atoms with Gasteiger partial charge in [0.05, 0.1) is 5.69 Å². The lowest BCUT2D eigenvalue weighted by Crippen LogP contribution is -2.37. The second-order valence-corrected chi connectivity index (χ2v) is 6.24. The molecule has 0 aliphatic carbocycles. The minimum Gasteiger partial charge on any atom is -0.389 e. The van der Waals surface area contributed by atoms with Crippen molar-refractivity contribution >= 4 is 34.7 Å². The van der Waals surface area contributed by atoms with E-state index in [-0.39, 0.29) is 10.6 Å². The number of hydrogen-bond donors (Lipinski definition) is 1. The molecule has 0 amide bonds. The zero-order valence-corrected chi connectivity index (χ0v) is 11.6. The Bertz CT molecular complexity index is 479. The van der Waals surface area contributed by atoms with E-state index in [2.05, 4.69) is 19.1 Å². The third kappa shape index (κ3) is 2.59. The molecule has 2 N–H and O–H groups in total. The van der Waals surface area contributed by atoms with Crippen molar-refractivity contribution < 1.29 is 8.78 Å². The van der Waals surface area contributed by atoms with Gasteiger partial charge < -0.3 is 10.6 Å². The molecule has 1 aromatic carbocycles. The molecular weight excluding hydrogens is 274 g/mol. The Morgan fingerprint density at radius 3 is 2.78 bits per heavy atom. The van der Waals surface area contributed by atoms with E-state index in [9.17, 15) is 8.78 Å². The third-order valence-electron chi connectivity index (χ3n) is 2.91. The van der Waals surface area contributed by atoms with Crippen LogP contribution in [0.3, 0.4) is 0 Å². The molecule has 0 bridgehead atoms. The van der Waals surface area contributed by atoms with Crippen molar-refractivity contribution in [3.05, 3.63) is 29.3 Å². The maximum atomic E-state index is 14.0. The maximum Gasteiger partial charge on any atom is 0.182 e. The first-order chi connectivity index (χ1) is 8.50. The molecular formula is C12H14F2N2S2. The standard InChI is InChI=1S/C12H14F2N2S2/c1-7-6-16(4-5-18-7)9-3-2-8(12(15)17)10(13)11(9)14/h2-3,7H,4-6H2,1H3,(H2,15,17). The molecule has 1 heterocycles. The van der Waals surface area contributed by atoms with Gasteiger partial charge in [-0.1, -0.05) is 19.1 Å². The molecule has 98 valence electrons. The number of thiocarbonyl (C=S) groups is 1. The van der Waals surface area contributed by atoms with Crippen LogP contribution in [-0.2, 0) is 0 Å². The Labute approximate surface area is 115 Å². The van der Waals surface area contributed by atoms with Crippen molar-refractivity contribution in [3.63, 3.8) is 0 Å². The number of nitrogens with two attached hydrogens (primary N) is 1. The van der Waals surface area contributed by atoms with Crippen LogP contribution in [0.2, 0.25) is 0 Å². The Balaban J connectivity index is 2.34. The lowest BCUT2D eigenvalue weighted by atomic mass is 10.1. The summed E-state index contributed by atoms with van der Waals surface area (Å²) in [6, 6.07) is 3.00. The van der Waals surface area contributed by atoms with Crippen LogP contribution in [0.1, 0.15) is 12.5 Å². The zero-order valence-electron chi connectivity index (χ0n) is 9.95. The summed E-state index contributed by atoms with van der Waals surface area (Å²) in [6.07, 6.45) is 0. The second kappa shape index (κ2) is 5.40. The van der Waals surface area contributed by atoms with Crippen LogP contribution in [0.4, 0.5) is 14.5 Å². The average Bonchev–Trinajstić information content (AvgIpc) is 2.32. The molecule has 2 nitrogen and oxygen atoms in total. The van der Waals surface area contributed by atoms with Gasteiger partial charge in [0.1, 0.15) is 4.99 Å². The van der Waals surface area contributed by atoms with Crippen LogP contribution < -0.4 is 10.6 Å². The average molecular weight is 288 g/mol. The summed E-state index contributed by atoms with van der Waals surface area (Å²) < 4.78 is 27.8. The van der Waals surface area contributed by atoms with E-state index in [1.807, 2.05) is 16.7 Å². The molecule has 1 aliphatic rings. The number of hydrogen-bond acceptors (Lipinski definition) is 3. The van der Waals surface area contributed by atoms with Gasteiger partial charge in [-0.25, -0.2) is 8.78 Å². The summed E-state index contributed by atoms with van der Waals surface area (Å²) in [7, 11) is 0. The van der Waals surface area contributed by atoms with Crippen molar-refractivity contribution in [2.75, 3.05) is 23.7 Å². The van der Waals surface area contributed by atoms with Crippen molar-refractivity contribution in [3.8, 4) is 0 Å². The molecule has 1 atom stereocenters. The first-order valence-corrected chi connectivity index (χ1v) is 7.10. The van der Waals surface area contributed by atoms with Gasteiger partial charge in [0.25, 0.3) is 0 Å². The first-order valence-electron chi connectivity index (χ1n) is 5.65. The van der Waals surface area contributed by atoms with Gasteiger partial charge >= 0.3 is 0 Å². The minimum atomic E-state index is -0.953. The molecule has 0 spiro atoms. The first kappa shape index (κ1) is 13.5. The zero-order chi connectivity index (χ0) is 13.3. The molecule has 0 radical (unpaired) electrons. The highest BCUT2D eigenvalue weighted by atomic mass is 32.2. The van der Waals surface area contributed by atoms with Crippen LogP contribution in [0, 0.1) is 11.6 Å². The summed E-state index contributed by atoms with van der Waals surface area (Å²) in [5, 5.41) is 0.413. The van der Waals surface area contributed by atoms with Crippen LogP contribution in [0.25, 0.3) is 0 Å². The summed E-state index contributed by atoms with van der Waals surface area (Å²) >= 11 is 6.52. The summed E-state index contributed by atoms with van der Waals surface area (Å²) in [5.74, 6) is -0.899. The van der Waals surface area contributed by atoms with Crippen molar-refractivity contribution in [1.82, 2.24) is 0 Å². The van der Waals surface area contributed by atoms with Gasteiger partial charge in [-0.15, -0.1) is 0 Å². The van der Waals surface area contributed by atoms with Gasteiger partial charge in [-0.2, -0.15) is 11.8 Å². The van der Waals surface area contributed by atoms with Gasteiger partial charge in [0.15, 0.2) is 11.6 Å². The second-order valence-electron chi connectivity index (χ2n) is 4.25. The molecule has 0 aromatic heterocycles. The maximum absolute atomic E-state index is 14.0. The van der Waals surface area contributed by atoms with E-state index in [0.717, 1.165) is 12.3 Å². The topological polar surface area (TPSA) is 29.3 Å². The summed E-state index contributed by atoms with van der Waals surface area (Å²) in [4.78, 5) is 1.74. The van der Waals surface area contributed by atoms with E-state index in [1.165, 1.54) is 6.07 Å². The molecule has 1 aromatic rings. The van der Waals surface area contributed by atoms with Crippen molar-refractivity contribution in [1.29, 1.82) is 0 Å². The number of nitrogens with zero attached hydrogens (tertiary/aromatic N) is 1. The normalized spacial score (nSPS) is 19.9. The number of thioether (sulfide) groups is 1. The monoisotopic (exact) mass is 288 g/mol. The number of anilines is 1. The summed E-state index contributed by atoms with van der Waals surface area (Å²) in [6.45, 7) is 3.51. The molecule has 0 saturated carbocycles. The van der Waals surface area contributed by atoms with E-state index in [0.29, 0.717) is 17.5 Å². The van der Waals surface area contributed by atoms with Crippen molar-refractivity contribution in [2.45, 2.75) is 12.2 Å². The van der Waals surface area contributed by atoms with E-state index >= 15 is 0 Å². The molecule has 1 saturated heterocycles. The Kier molecular flexibility index (Phi) is 4.07. The largest absolute Gasteiger partial charge is 0.389 e. The fourth-order valence-corrected chi connectivity index (χ4v) is 3.18. The fourth-order valence-electron chi connectivity index (χ4n) is 2.01. The molecule has 6 heteroatoms. The van der Waals surface area contributed by atoms with Gasteiger partial charge in [-0.3, -0.25) is 0 Å². The van der Waals surface area contributed by atoms with Crippen LogP contribution in [0.5, 0.6) is 0 Å². The predicted molar refractivity (Wildman–Crippen MR) is 76.4 cm³/mol. The fraction of sp³-hybridized carbons (Fsp3) is 0.417. The van der Waals surface area contributed by atoms with Crippen molar-refractivity contribution in [2.24, 2.45) is 5.73 Å².